The third-order valence-electron chi connectivity index (χ3n) is 3.47. The summed E-state index contributed by atoms with van der Waals surface area (Å²) in [6.07, 6.45) is 0.0162. The molecule has 0 aliphatic heterocycles. The van der Waals surface area contributed by atoms with Crippen molar-refractivity contribution in [2.24, 2.45) is 0 Å². The molecule has 0 saturated heterocycles. The number of nitrogens with zero attached hydrogens (tertiary/aromatic N) is 2. The van der Waals surface area contributed by atoms with Gasteiger partial charge in [0.1, 0.15) is 0 Å². The number of hydrogen-bond donors (Lipinski definition) is 1. The Labute approximate surface area is 120 Å². The summed E-state index contributed by atoms with van der Waals surface area (Å²) in [5.41, 5.74) is 1.37. The first-order valence-electron chi connectivity index (χ1n) is 6.91. The molecule has 3 rings (SSSR count). The van der Waals surface area contributed by atoms with Gasteiger partial charge < -0.3 is 5.32 Å². The van der Waals surface area contributed by atoms with Crippen molar-refractivity contribution in [2.75, 3.05) is 0 Å². The minimum Gasteiger partial charge on any atom is -0.310 e. The van der Waals surface area contributed by atoms with Gasteiger partial charge in [0.05, 0.1) is 18.3 Å². The summed E-state index contributed by atoms with van der Waals surface area (Å²) in [5, 5.41) is 7.19. The Kier molecular flexibility index (Phi) is 3.71. The van der Waals surface area contributed by atoms with Crippen LogP contribution in [0.5, 0.6) is 0 Å². The van der Waals surface area contributed by atoms with Crippen LogP contribution in [0.15, 0.2) is 36.7 Å². The molecule has 1 heterocycles. The monoisotopic (exact) mass is 295 g/mol. The van der Waals surface area contributed by atoms with E-state index in [9.17, 15) is 13.2 Å². The van der Waals surface area contributed by atoms with E-state index < -0.39 is 11.7 Å². The van der Waals surface area contributed by atoms with Crippen molar-refractivity contribution in [3.63, 3.8) is 0 Å². The van der Waals surface area contributed by atoms with E-state index >= 15 is 0 Å². The van der Waals surface area contributed by atoms with E-state index in [1.807, 2.05) is 24.3 Å². The molecule has 1 saturated carbocycles. The van der Waals surface area contributed by atoms with Crippen LogP contribution < -0.4 is 5.32 Å². The summed E-state index contributed by atoms with van der Waals surface area (Å²) in [6.45, 7) is 1.14. The van der Waals surface area contributed by atoms with Crippen LogP contribution in [-0.2, 0) is 19.3 Å². The SMILES string of the molecule is FC(F)(F)c1cnn(Cc2cccc(CNC3CC3)c2)c1. The molecule has 21 heavy (non-hydrogen) atoms. The van der Waals surface area contributed by atoms with Crippen molar-refractivity contribution < 1.29 is 13.2 Å². The molecule has 1 aromatic heterocycles. The zero-order chi connectivity index (χ0) is 14.9. The average Bonchev–Trinajstić information content (AvgIpc) is 3.14. The normalized spacial score (nSPS) is 15.4. The van der Waals surface area contributed by atoms with Gasteiger partial charge in [-0.25, -0.2) is 0 Å². The summed E-state index contributed by atoms with van der Waals surface area (Å²) in [7, 11) is 0. The van der Waals surface area contributed by atoms with Gasteiger partial charge >= 0.3 is 6.18 Å². The van der Waals surface area contributed by atoms with Gasteiger partial charge in [-0.3, -0.25) is 4.68 Å². The third kappa shape index (κ3) is 3.85. The molecule has 1 aliphatic rings. The van der Waals surface area contributed by atoms with Crippen LogP contribution in [0, 0.1) is 0 Å². The molecule has 1 fully saturated rings. The molecule has 2 aromatic rings. The van der Waals surface area contributed by atoms with Crippen LogP contribution in [0.3, 0.4) is 0 Å². The quantitative estimate of drug-likeness (QED) is 0.918. The predicted molar refractivity (Wildman–Crippen MR) is 72.6 cm³/mol. The van der Waals surface area contributed by atoms with E-state index in [1.54, 1.807) is 0 Å². The molecule has 1 aromatic carbocycles. The molecular formula is C15H16F3N3. The van der Waals surface area contributed by atoms with Crippen molar-refractivity contribution in [1.82, 2.24) is 15.1 Å². The van der Waals surface area contributed by atoms with Crippen LogP contribution in [0.1, 0.15) is 29.5 Å². The largest absolute Gasteiger partial charge is 0.419 e. The van der Waals surface area contributed by atoms with Crippen molar-refractivity contribution in [2.45, 2.75) is 38.1 Å². The lowest BCUT2D eigenvalue weighted by Crippen LogP contribution is -2.15. The highest BCUT2D eigenvalue weighted by atomic mass is 19.4. The second-order valence-corrected chi connectivity index (χ2v) is 5.40. The number of benzene rings is 1. The van der Waals surface area contributed by atoms with Gasteiger partial charge in [-0.1, -0.05) is 24.3 Å². The zero-order valence-corrected chi connectivity index (χ0v) is 11.4. The van der Waals surface area contributed by atoms with Crippen molar-refractivity contribution >= 4 is 0 Å². The molecule has 0 radical (unpaired) electrons. The third-order valence-corrected chi connectivity index (χ3v) is 3.47. The molecular weight excluding hydrogens is 279 g/mol. The number of halogens is 3. The number of hydrogen-bond acceptors (Lipinski definition) is 2. The topological polar surface area (TPSA) is 29.9 Å². The molecule has 0 atom stereocenters. The Morgan fingerprint density at radius 3 is 2.67 bits per heavy atom. The molecule has 1 aliphatic carbocycles. The van der Waals surface area contributed by atoms with Gasteiger partial charge in [-0.2, -0.15) is 18.3 Å². The van der Waals surface area contributed by atoms with Gasteiger partial charge in [0, 0.05) is 18.8 Å². The molecule has 0 amide bonds. The fourth-order valence-corrected chi connectivity index (χ4v) is 2.17. The second-order valence-electron chi connectivity index (χ2n) is 5.40. The van der Waals surface area contributed by atoms with Crippen LogP contribution >= 0.6 is 0 Å². The van der Waals surface area contributed by atoms with Crippen LogP contribution in [0.2, 0.25) is 0 Å². The van der Waals surface area contributed by atoms with Crippen molar-refractivity contribution in [3.8, 4) is 0 Å². The molecule has 1 N–H and O–H groups in total. The van der Waals surface area contributed by atoms with Gasteiger partial charge in [0.15, 0.2) is 0 Å². The van der Waals surface area contributed by atoms with E-state index in [4.69, 9.17) is 0 Å². The Morgan fingerprint density at radius 2 is 2.00 bits per heavy atom. The molecule has 3 nitrogen and oxygen atoms in total. The predicted octanol–water partition coefficient (Wildman–Crippen LogP) is 3.20. The number of aromatic nitrogens is 2. The van der Waals surface area contributed by atoms with Crippen molar-refractivity contribution in [1.29, 1.82) is 0 Å². The summed E-state index contributed by atoms with van der Waals surface area (Å²) in [6, 6.07) is 8.48. The molecule has 0 spiro atoms. The summed E-state index contributed by atoms with van der Waals surface area (Å²) >= 11 is 0. The maximum absolute atomic E-state index is 12.5. The van der Waals surface area contributed by atoms with Gasteiger partial charge in [-0.05, 0) is 24.0 Å². The number of nitrogens with one attached hydrogen (secondary N) is 1. The molecule has 6 heteroatoms. The maximum Gasteiger partial charge on any atom is 0.419 e. The highest BCUT2D eigenvalue weighted by Crippen LogP contribution is 2.28. The van der Waals surface area contributed by atoms with Gasteiger partial charge in [0.25, 0.3) is 0 Å². The fraction of sp³-hybridized carbons (Fsp3) is 0.400. The standard InChI is InChI=1S/C15H16F3N3/c16-15(17,18)13-8-20-21(10-13)9-12-3-1-2-11(6-12)7-19-14-4-5-14/h1-3,6,8,10,14,19H,4-5,7,9H2. The minimum atomic E-state index is -4.34. The van der Waals surface area contributed by atoms with E-state index in [1.165, 1.54) is 17.5 Å². The highest BCUT2D eigenvalue weighted by molar-refractivity contribution is 5.24. The Hall–Kier alpha value is -1.82. The smallest absolute Gasteiger partial charge is 0.310 e. The van der Waals surface area contributed by atoms with Crippen LogP contribution in [0.25, 0.3) is 0 Å². The fourth-order valence-electron chi connectivity index (χ4n) is 2.17. The molecule has 0 unspecified atom stereocenters. The number of alkyl halides is 3. The van der Waals surface area contributed by atoms with Gasteiger partial charge in [0.2, 0.25) is 0 Å². The van der Waals surface area contributed by atoms with Crippen molar-refractivity contribution in [3.05, 3.63) is 53.3 Å². The van der Waals surface area contributed by atoms with E-state index in [0.717, 1.165) is 30.1 Å². The lowest BCUT2D eigenvalue weighted by molar-refractivity contribution is -0.137. The summed E-state index contributed by atoms with van der Waals surface area (Å²) in [5.74, 6) is 0. The second kappa shape index (κ2) is 5.52. The summed E-state index contributed by atoms with van der Waals surface area (Å²) < 4.78 is 38.9. The van der Waals surface area contributed by atoms with Crippen LogP contribution in [0.4, 0.5) is 13.2 Å². The van der Waals surface area contributed by atoms with E-state index in [0.29, 0.717) is 12.6 Å². The number of rotatable bonds is 5. The van der Waals surface area contributed by atoms with E-state index in [-0.39, 0.29) is 0 Å². The Balaban J connectivity index is 1.66. The van der Waals surface area contributed by atoms with Gasteiger partial charge in [-0.15, -0.1) is 0 Å². The molecule has 0 bridgehead atoms. The van der Waals surface area contributed by atoms with E-state index in [2.05, 4.69) is 10.4 Å². The maximum atomic E-state index is 12.5. The first-order chi connectivity index (χ1) is 10.0. The first kappa shape index (κ1) is 14.1. The lowest BCUT2D eigenvalue weighted by atomic mass is 10.1. The molecule has 112 valence electrons. The average molecular weight is 295 g/mol. The first-order valence-corrected chi connectivity index (χ1v) is 6.91. The highest BCUT2D eigenvalue weighted by Gasteiger charge is 2.32. The lowest BCUT2D eigenvalue weighted by Gasteiger charge is -2.07. The Morgan fingerprint density at radius 1 is 1.24 bits per heavy atom. The zero-order valence-electron chi connectivity index (χ0n) is 11.4. The van der Waals surface area contributed by atoms with Crippen LogP contribution in [-0.4, -0.2) is 15.8 Å². The summed E-state index contributed by atoms with van der Waals surface area (Å²) in [4.78, 5) is 0. The minimum absolute atomic E-state index is 0.341. The Bertz CT molecular complexity index is 615.